The van der Waals surface area contributed by atoms with Gasteiger partial charge in [0.1, 0.15) is 5.75 Å². The maximum atomic E-state index is 12.8. The molecule has 0 bridgehead atoms. The van der Waals surface area contributed by atoms with E-state index in [1.165, 1.54) is 15.9 Å². The normalized spacial score (nSPS) is 15.0. The second-order valence-corrected chi connectivity index (χ2v) is 9.37. The van der Waals surface area contributed by atoms with Crippen molar-refractivity contribution in [1.29, 1.82) is 0 Å². The van der Waals surface area contributed by atoms with Gasteiger partial charge in [-0.3, -0.25) is 4.79 Å². The van der Waals surface area contributed by atoms with Crippen LogP contribution in [-0.4, -0.2) is 44.9 Å². The highest BCUT2D eigenvalue weighted by atomic mass is 32.2. The molecule has 162 valence electrons. The molecule has 0 spiro atoms. The highest BCUT2D eigenvalue weighted by Gasteiger charge is 2.26. The Morgan fingerprint density at radius 3 is 2.50 bits per heavy atom. The van der Waals surface area contributed by atoms with E-state index in [0.29, 0.717) is 31.8 Å². The van der Waals surface area contributed by atoms with Crippen molar-refractivity contribution in [3.63, 3.8) is 0 Å². The number of hydrogen-bond acceptors (Lipinski definition) is 4. The van der Waals surface area contributed by atoms with E-state index in [4.69, 9.17) is 4.74 Å². The molecule has 7 heteroatoms. The molecule has 1 heterocycles. The van der Waals surface area contributed by atoms with Crippen LogP contribution in [0.25, 0.3) is 0 Å². The summed E-state index contributed by atoms with van der Waals surface area (Å²) >= 11 is 0. The molecule has 1 fully saturated rings. The van der Waals surface area contributed by atoms with E-state index in [1.54, 1.807) is 18.2 Å². The summed E-state index contributed by atoms with van der Waals surface area (Å²) in [5.74, 6) is 0.603. The Hall–Kier alpha value is -2.38. The molecule has 3 rings (SSSR count). The third-order valence-corrected chi connectivity index (χ3v) is 7.11. The van der Waals surface area contributed by atoms with Gasteiger partial charge in [0.25, 0.3) is 5.91 Å². The van der Waals surface area contributed by atoms with Crippen molar-refractivity contribution in [3.05, 3.63) is 59.7 Å². The smallest absolute Gasteiger partial charge is 0.251 e. The monoisotopic (exact) mass is 430 g/mol. The summed E-state index contributed by atoms with van der Waals surface area (Å²) in [4.78, 5) is 12.7. The van der Waals surface area contributed by atoms with Crippen LogP contribution in [0, 0.1) is 0 Å². The highest BCUT2D eigenvalue weighted by molar-refractivity contribution is 7.89. The number of nitrogens with one attached hydrogen (secondary N) is 1. The summed E-state index contributed by atoms with van der Waals surface area (Å²) in [5, 5.41) is 2.89. The molecule has 1 aliphatic heterocycles. The molecule has 0 radical (unpaired) electrons. The molecule has 1 saturated heterocycles. The summed E-state index contributed by atoms with van der Waals surface area (Å²) in [5.41, 5.74) is 1.55. The second kappa shape index (κ2) is 10.6. The Kier molecular flexibility index (Phi) is 7.87. The van der Waals surface area contributed by atoms with Gasteiger partial charge in [0, 0.05) is 25.2 Å². The van der Waals surface area contributed by atoms with Crippen molar-refractivity contribution in [2.75, 3.05) is 26.2 Å². The third-order valence-electron chi connectivity index (χ3n) is 5.21. The summed E-state index contributed by atoms with van der Waals surface area (Å²) in [6, 6.07) is 14.3. The SMILES string of the molecule is CCOc1ccc(CCCNC(=O)c2cccc(S(=O)(=O)N3CCCCC3)c2)cc1. The van der Waals surface area contributed by atoms with E-state index >= 15 is 0 Å². The largest absolute Gasteiger partial charge is 0.494 e. The Bertz CT molecular complexity index is 936. The van der Waals surface area contributed by atoms with E-state index in [1.807, 2.05) is 31.2 Å². The van der Waals surface area contributed by atoms with Gasteiger partial charge in [-0.1, -0.05) is 24.6 Å². The molecule has 30 heavy (non-hydrogen) atoms. The van der Waals surface area contributed by atoms with E-state index in [-0.39, 0.29) is 10.8 Å². The van der Waals surface area contributed by atoms with Gasteiger partial charge >= 0.3 is 0 Å². The van der Waals surface area contributed by atoms with Gasteiger partial charge in [0.05, 0.1) is 11.5 Å². The number of carbonyl (C=O) groups excluding carboxylic acids is 1. The lowest BCUT2D eigenvalue weighted by atomic mass is 10.1. The standard InChI is InChI=1S/C23H30N2O4S/c1-2-29-21-13-11-19(12-14-21)8-7-15-24-23(26)20-9-6-10-22(18-20)30(27,28)25-16-4-3-5-17-25/h6,9-14,18H,2-5,7-8,15-17H2,1H3,(H,24,26). The predicted molar refractivity (Wildman–Crippen MR) is 117 cm³/mol. The molecule has 0 unspecified atom stereocenters. The number of carbonyl (C=O) groups is 1. The summed E-state index contributed by atoms with van der Waals surface area (Å²) in [6.45, 7) is 4.21. The van der Waals surface area contributed by atoms with Gasteiger partial charge in [0.2, 0.25) is 10.0 Å². The molecule has 1 amide bonds. The fourth-order valence-corrected chi connectivity index (χ4v) is 5.13. The molecule has 0 aromatic heterocycles. The molecule has 2 aromatic rings. The lowest BCUT2D eigenvalue weighted by molar-refractivity contribution is 0.0953. The van der Waals surface area contributed by atoms with Crippen LogP contribution < -0.4 is 10.1 Å². The van der Waals surface area contributed by atoms with Crippen molar-refractivity contribution in [2.45, 2.75) is 43.9 Å². The minimum atomic E-state index is -3.54. The Morgan fingerprint density at radius 1 is 1.07 bits per heavy atom. The first kappa shape index (κ1) is 22.3. The maximum Gasteiger partial charge on any atom is 0.251 e. The topological polar surface area (TPSA) is 75.7 Å². The van der Waals surface area contributed by atoms with Crippen LogP contribution in [0.15, 0.2) is 53.4 Å². The zero-order valence-corrected chi connectivity index (χ0v) is 18.3. The highest BCUT2D eigenvalue weighted by Crippen LogP contribution is 2.21. The predicted octanol–water partition coefficient (Wildman–Crippen LogP) is 3.62. The van der Waals surface area contributed by atoms with Crippen molar-refractivity contribution >= 4 is 15.9 Å². The Labute approximate surface area is 179 Å². The van der Waals surface area contributed by atoms with Gasteiger partial charge < -0.3 is 10.1 Å². The summed E-state index contributed by atoms with van der Waals surface area (Å²) in [6.07, 6.45) is 4.47. The first-order valence-electron chi connectivity index (χ1n) is 10.6. The Morgan fingerprint density at radius 2 is 1.80 bits per heavy atom. The molecule has 0 saturated carbocycles. The first-order valence-corrected chi connectivity index (χ1v) is 12.0. The van der Waals surface area contributed by atoms with Gasteiger partial charge in [-0.15, -0.1) is 0 Å². The average Bonchev–Trinajstić information content (AvgIpc) is 2.78. The molecule has 1 N–H and O–H groups in total. The fraction of sp³-hybridized carbons (Fsp3) is 0.435. The molecule has 6 nitrogen and oxygen atoms in total. The van der Waals surface area contributed by atoms with Crippen LogP contribution in [0.4, 0.5) is 0 Å². The zero-order valence-electron chi connectivity index (χ0n) is 17.5. The maximum absolute atomic E-state index is 12.8. The van der Waals surface area contributed by atoms with Crippen molar-refractivity contribution in [2.24, 2.45) is 0 Å². The second-order valence-electron chi connectivity index (χ2n) is 7.43. The van der Waals surface area contributed by atoms with Crippen LogP contribution in [0.1, 0.15) is 48.5 Å². The van der Waals surface area contributed by atoms with Gasteiger partial charge in [-0.2, -0.15) is 4.31 Å². The van der Waals surface area contributed by atoms with Crippen LogP contribution in [0.5, 0.6) is 5.75 Å². The minimum Gasteiger partial charge on any atom is -0.494 e. The van der Waals surface area contributed by atoms with Crippen LogP contribution in [0.3, 0.4) is 0 Å². The molecule has 0 atom stereocenters. The average molecular weight is 431 g/mol. The number of amides is 1. The number of piperidine rings is 1. The Balaban J connectivity index is 1.52. The minimum absolute atomic E-state index is 0.187. The summed E-state index contributed by atoms with van der Waals surface area (Å²) < 4.78 is 32.6. The van der Waals surface area contributed by atoms with E-state index in [2.05, 4.69) is 5.32 Å². The van der Waals surface area contributed by atoms with E-state index in [9.17, 15) is 13.2 Å². The van der Waals surface area contributed by atoms with Crippen LogP contribution in [-0.2, 0) is 16.4 Å². The number of nitrogens with zero attached hydrogens (tertiary/aromatic N) is 1. The number of aryl methyl sites for hydroxylation is 1. The number of rotatable bonds is 9. The lowest BCUT2D eigenvalue weighted by Crippen LogP contribution is -2.35. The fourth-order valence-electron chi connectivity index (χ4n) is 3.57. The third kappa shape index (κ3) is 5.83. The molecular formula is C23H30N2O4S. The zero-order chi connectivity index (χ0) is 21.4. The van der Waals surface area contributed by atoms with Crippen molar-refractivity contribution in [3.8, 4) is 5.75 Å². The number of benzene rings is 2. The molecule has 1 aliphatic rings. The summed E-state index contributed by atoms with van der Waals surface area (Å²) in [7, 11) is -3.54. The number of ether oxygens (including phenoxy) is 1. The van der Waals surface area contributed by atoms with Gasteiger partial charge in [-0.05, 0) is 68.5 Å². The number of sulfonamides is 1. The van der Waals surface area contributed by atoms with Crippen molar-refractivity contribution < 1.29 is 17.9 Å². The van der Waals surface area contributed by atoms with Gasteiger partial charge in [-0.25, -0.2) is 8.42 Å². The van der Waals surface area contributed by atoms with E-state index < -0.39 is 10.0 Å². The lowest BCUT2D eigenvalue weighted by Gasteiger charge is -2.26. The van der Waals surface area contributed by atoms with Crippen LogP contribution in [0.2, 0.25) is 0 Å². The molecule has 2 aromatic carbocycles. The van der Waals surface area contributed by atoms with Crippen molar-refractivity contribution in [1.82, 2.24) is 9.62 Å². The van der Waals surface area contributed by atoms with E-state index in [0.717, 1.165) is 37.9 Å². The first-order chi connectivity index (χ1) is 14.5. The molecule has 0 aliphatic carbocycles. The molecular weight excluding hydrogens is 400 g/mol. The van der Waals surface area contributed by atoms with Crippen LogP contribution >= 0.6 is 0 Å². The number of hydrogen-bond donors (Lipinski definition) is 1. The van der Waals surface area contributed by atoms with Gasteiger partial charge in [0.15, 0.2) is 0 Å². The quantitative estimate of drug-likeness (QED) is 0.617.